The van der Waals surface area contributed by atoms with Crippen molar-refractivity contribution in [1.82, 2.24) is 14.8 Å². The number of carbonyl (C=O) groups excluding carboxylic acids is 1. The number of thioether (sulfide) groups is 1. The van der Waals surface area contributed by atoms with Crippen molar-refractivity contribution in [3.05, 3.63) is 110 Å². The number of benzene rings is 3. The van der Waals surface area contributed by atoms with Crippen LogP contribution in [0.3, 0.4) is 0 Å². The van der Waals surface area contributed by atoms with Gasteiger partial charge in [0, 0.05) is 31.7 Å². The van der Waals surface area contributed by atoms with Gasteiger partial charge in [-0.05, 0) is 66.6 Å². The Morgan fingerprint density at radius 3 is 2.47 bits per heavy atom. The van der Waals surface area contributed by atoms with Crippen molar-refractivity contribution in [1.29, 1.82) is 0 Å². The molecule has 6 nitrogen and oxygen atoms in total. The molecule has 4 aromatic rings. The highest BCUT2D eigenvalue weighted by Crippen LogP contribution is 2.37. The van der Waals surface area contributed by atoms with Crippen molar-refractivity contribution in [2.45, 2.75) is 23.9 Å². The van der Waals surface area contributed by atoms with Gasteiger partial charge in [-0.2, -0.15) is 4.98 Å². The van der Waals surface area contributed by atoms with Gasteiger partial charge in [0.05, 0.1) is 5.57 Å². The number of rotatable bonds is 6. The zero-order valence-electron chi connectivity index (χ0n) is 19.0. The molecule has 182 valence electrons. The van der Waals surface area contributed by atoms with Crippen molar-refractivity contribution < 1.29 is 4.79 Å². The smallest absolute Gasteiger partial charge is 0.255 e. The van der Waals surface area contributed by atoms with Crippen molar-refractivity contribution in [2.75, 3.05) is 10.6 Å². The van der Waals surface area contributed by atoms with Crippen LogP contribution in [0.25, 0.3) is 0 Å². The van der Waals surface area contributed by atoms with E-state index < -0.39 is 6.04 Å². The first-order chi connectivity index (χ1) is 17.4. The Balaban J connectivity index is 1.48. The minimum absolute atomic E-state index is 0.233. The Bertz CT molecular complexity index is 1450. The van der Waals surface area contributed by atoms with Crippen molar-refractivity contribution in [2.24, 2.45) is 0 Å². The van der Waals surface area contributed by atoms with E-state index in [1.165, 1.54) is 11.8 Å². The number of fused-ring (bicyclic) bond motifs is 1. The van der Waals surface area contributed by atoms with Gasteiger partial charge >= 0.3 is 0 Å². The summed E-state index contributed by atoms with van der Waals surface area (Å²) >= 11 is 17.1. The van der Waals surface area contributed by atoms with Crippen LogP contribution in [0.4, 0.5) is 11.6 Å². The minimum Gasteiger partial charge on any atom is -0.328 e. The molecular formula is C26H20BrCl2N5OS. The summed E-state index contributed by atoms with van der Waals surface area (Å²) in [5.74, 6) is 1.04. The quantitative estimate of drug-likeness (QED) is 0.223. The van der Waals surface area contributed by atoms with Gasteiger partial charge in [0.25, 0.3) is 5.91 Å². The van der Waals surface area contributed by atoms with Gasteiger partial charge in [-0.25, -0.2) is 4.68 Å². The molecule has 10 heteroatoms. The number of carbonyl (C=O) groups is 1. The summed E-state index contributed by atoms with van der Waals surface area (Å²) in [6.45, 7) is 1.88. The first-order valence-corrected chi connectivity index (χ1v) is 13.5. The molecule has 5 rings (SSSR count). The molecule has 0 fully saturated rings. The zero-order valence-corrected chi connectivity index (χ0v) is 22.9. The molecule has 1 aliphatic rings. The lowest BCUT2D eigenvalue weighted by Gasteiger charge is -2.28. The number of anilines is 2. The van der Waals surface area contributed by atoms with Gasteiger partial charge in [0.1, 0.15) is 6.04 Å². The van der Waals surface area contributed by atoms with Crippen LogP contribution >= 0.6 is 50.9 Å². The predicted molar refractivity (Wildman–Crippen MR) is 150 cm³/mol. The lowest BCUT2D eigenvalue weighted by atomic mass is 9.95. The average molecular weight is 601 g/mol. The third kappa shape index (κ3) is 5.47. The fraction of sp³-hybridized carbons (Fsp3) is 0.115. The number of allylic oxidation sites excluding steroid dienone is 1. The van der Waals surface area contributed by atoms with E-state index in [-0.39, 0.29) is 5.91 Å². The van der Waals surface area contributed by atoms with Crippen LogP contribution in [0.15, 0.2) is 93.7 Å². The summed E-state index contributed by atoms with van der Waals surface area (Å²) in [7, 11) is 0. The highest BCUT2D eigenvalue weighted by Gasteiger charge is 2.34. The molecule has 2 N–H and O–H groups in total. The third-order valence-electron chi connectivity index (χ3n) is 5.63. The lowest BCUT2D eigenvalue weighted by molar-refractivity contribution is -0.113. The van der Waals surface area contributed by atoms with E-state index in [4.69, 9.17) is 33.3 Å². The summed E-state index contributed by atoms with van der Waals surface area (Å²) in [5, 5.41) is 13.0. The zero-order chi connectivity index (χ0) is 25.2. The van der Waals surface area contributed by atoms with Crippen LogP contribution < -0.4 is 10.6 Å². The van der Waals surface area contributed by atoms with Gasteiger partial charge in [-0.1, -0.05) is 75.2 Å². The second-order valence-electron chi connectivity index (χ2n) is 8.16. The van der Waals surface area contributed by atoms with E-state index in [9.17, 15) is 4.79 Å². The molecule has 3 aromatic carbocycles. The highest BCUT2D eigenvalue weighted by atomic mass is 79.9. The highest BCUT2D eigenvalue weighted by molar-refractivity contribution is 9.10. The lowest BCUT2D eigenvalue weighted by Crippen LogP contribution is -2.31. The van der Waals surface area contributed by atoms with E-state index in [0.29, 0.717) is 43.9 Å². The molecule has 0 radical (unpaired) electrons. The topological polar surface area (TPSA) is 71.8 Å². The fourth-order valence-electron chi connectivity index (χ4n) is 3.93. The second-order valence-corrected chi connectivity index (χ2v) is 10.9. The van der Waals surface area contributed by atoms with E-state index in [0.717, 1.165) is 15.6 Å². The first-order valence-electron chi connectivity index (χ1n) is 11.0. The van der Waals surface area contributed by atoms with Crippen LogP contribution in [-0.4, -0.2) is 20.7 Å². The summed E-state index contributed by atoms with van der Waals surface area (Å²) in [5.41, 5.74) is 3.94. The molecule has 0 aliphatic carbocycles. The number of aromatic nitrogens is 3. The molecule has 0 saturated heterocycles. The molecule has 2 heterocycles. The Hall–Kier alpha value is -2.78. The van der Waals surface area contributed by atoms with Gasteiger partial charge in [-0.15, -0.1) is 5.10 Å². The number of hydrogen-bond acceptors (Lipinski definition) is 5. The summed E-state index contributed by atoms with van der Waals surface area (Å²) in [4.78, 5) is 18.3. The van der Waals surface area contributed by atoms with Crippen LogP contribution in [0.1, 0.15) is 24.1 Å². The van der Waals surface area contributed by atoms with Crippen LogP contribution in [-0.2, 0) is 10.5 Å². The average Bonchev–Trinajstić information content (AvgIpc) is 3.26. The molecule has 1 unspecified atom stereocenters. The molecule has 1 atom stereocenters. The normalized spacial score (nSPS) is 14.8. The minimum atomic E-state index is -0.469. The summed E-state index contributed by atoms with van der Waals surface area (Å²) < 4.78 is 2.68. The maximum Gasteiger partial charge on any atom is 0.255 e. The van der Waals surface area contributed by atoms with Crippen molar-refractivity contribution in [3.63, 3.8) is 0 Å². The number of amides is 1. The standard InChI is InChI=1S/C26H20BrCl2N5OS/c1-15-22(24(35)31-21-11-9-20(29)10-12-21)23(17-3-2-4-18(27)13-17)34-25(30-15)32-26(33-34)36-14-16-5-7-19(28)8-6-16/h2-13,23H,14H2,1H3,(H,31,35)(H,30,32,33). The number of hydrogen-bond donors (Lipinski definition) is 2. The largest absolute Gasteiger partial charge is 0.328 e. The van der Waals surface area contributed by atoms with E-state index in [1.54, 1.807) is 28.9 Å². The fourth-order valence-corrected chi connectivity index (χ4v) is 5.39. The van der Waals surface area contributed by atoms with Crippen molar-refractivity contribution in [3.8, 4) is 0 Å². The Labute approximate surface area is 231 Å². The van der Waals surface area contributed by atoms with Crippen LogP contribution in [0.5, 0.6) is 0 Å². The number of nitrogens with one attached hydrogen (secondary N) is 2. The Morgan fingerprint density at radius 1 is 1.08 bits per heavy atom. The predicted octanol–water partition coefficient (Wildman–Crippen LogP) is 7.57. The Morgan fingerprint density at radius 2 is 1.78 bits per heavy atom. The first kappa shape index (κ1) is 24.9. The van der Waals surface area contributed by atoms with Crippen molar-refractivity contribution >= 4 is 68.4 Å². The molecular weight excluding hydrogens is 581 g/mol. The molecule has 1 aromatic heterocycles. The molecule has 1 aliphatic heterocycles. The van der Waals surface area contributed by atoms with Gasteiger partial charge < -0.3 is 10.6 Å². The van der Waals surface area contributed by atoms with Gasteiger partial charge in [0.15, 0.2) is 0 Å². The van der Waals surface area contributed by atoms with E-state index >= 15 is 0 Å². The molecule has 0 bridgehead atoms. The Kier molecular flexibility index (Phi) is 7.39. The monoisotopic (exact) mass is 599 g/mol. The molecule has 0 spiro atoms. The number of nitrogens with zero attached hydrogens (tertiary/aromatic N) is 3. The SMILES string of the molecule is CC1=C(C(=O)Nc2ccc(Cl)cc2)C(c2cccc(Br)c2)n2nc(SCc3ccc(Cl)cc3)nc2N1. The van der Waals surface area contributed by atoms with Gasteiger partial charge in [-0.3, -0.25) is 4.79 Å². The van der Waals surface area contributed by atoms with Crippen LogP contribution in [0, 0.1) is 0 Å². The maximum absolute atomic E-state index is 13.6. The van der Waals surface area contributed by atoms with Crippen LogP contribution in [0.2, 0.25) is 10.0 Å². The maximum atomic E-state index is 13.6. The van der Waals surface area contributed by atoms with E-state index in [2.05, 4.69) is 26.6 Å². The van der Waals surface area contributed by atoms with Gasteiger partial charge in [0.2, 0.25) is 11.1 Å². The summed E-state index contributed by atoms with van der Waals surface area (Å²) in [6.07, 6.45) is 0. The third-order valence-corrected chi connectivity index (χ3v) is 7.53. The molecule has 0 saturated carbocycles. The molecule has 36 heavy (non-hydrogen) atoms. The number of halogens is 3. The molecule has 1 amide bonds. The summed E-state index contributed by atoms with van der Waals surface area (Å²) in [6, 6.07) is 22.1. The second kappa shape index (κ2) is 10.7. The van der Waals surface area contributed by atoms with E-state index in [1.807, 2.05) is 55.5 Å².